The number of amides is 1. The van der Waals surface area contributed by atoms with Crippen molar-refractivity contribution in [3.05, 3.63) is 47.7 Å². The number of nitrogens with one attached hydrogen (secondary N) is 1. The monoisotopic (exact) mass is 293 g/mol. The van der Waals surface area contributed by atoms with Crippen LogP contribution >= 0.6 is 0 Å². The summed E-state index contributed by atoms with van der Waals surface area (Å²) in [5, 5.41) is 10.7. The molecule has 0 saturated heterocycles. The number of esters is 1. The number of ether oxygens (including phenoxy) is 2. The molecule has 1 aromatic rings. The van der Waals surface area contributed by atoms with Crippen LogP contribution in [0.25, 0.3) is 0 Å². The van der Waals surface area contributed by atoms with Gasteiger partial charge >= 0.3 is 18.0 Å². The summed E-state index contributed by atoms with van der Waals surface area (Å²) in [7, 11) is 1.12. The zero-order valence-electron chi connectivity index (χ0n) is 11.4. The van der Waals surface area contributed by atoms with Gasteiger partial charge in [-0.2, -0.15) is 0 Å². The second kappa shape index (κ2) is 8.36. The van der Waals surface area contributed by atoms with Crippen LogP contribution in [0.1, 0.15) is 12.0 Å². The maximum atomic E-state index is 11.6. The Balaban J connectivity index is 2.57. The fraction of sp³-hybridized carbons (Fsp3) is 0.214. The van der Waals surface area contributed by atoms with E-state index < -0.39 is 24.5 Å². The largest absolute Gasteiger partial charge is 0.481 e. The fourth-order valence-corrected chi connectivity index (χ4v) is 1.35. The van der Waals surface area contributed by atoms with Gasteiger partial charge in [0.2, 0.25) is 0 Å². The quantitative estimate of drug-likeness (QED) is 0.608. The fourth-order valence-electron chi connectivity index (χ4n) is 1.35. The number of carbonyl (C=O) groups excluding carboxylic acids is 2. The summed E-state index contributed by atoms with van der Waals surface area (Å²) in [6.07, 6.45) is -0.262. The maximum absolute atomic E-state index is 11.6. The van der Waals surface area contributed by atoms with E-state index in [0.29, 0.717) is 0 Å². The molecule has 0 aliphatic rings. The molecular weight excluding hydrogens is 278 g/mol. The Hall–Kier alpha value is -2.83. The molecule has 21 heavy (non-hydrogen) atoms. The lowest BCUT2D eigenvalue weighted by Crippen LogP contribution is -2.28. The number of hydrogen-bond donors (Lipinski definition) is 2. The van der Waals surface area contributed by atoms with Crippen molar-refractivity contribution in [1.29, 1.82) is 0 Å². The van der Waals surface area contributed by atoms with E-state index in [4.69, 9.17) is 9.84 Å². The highest BCUT2D eigenvalue weighted by atomic mass is 16.6. The number of alkyl carbamates (subject to hydrolysis) is 1. The van der Waals surface area contributed by atoms with Crippen LogP contribution in [0, 0.1) is 0 Å². The highest BCUT2D eigenvalue weighted by Gasteiger charge is 2.14. The van der Waals surface area contributed by atoms with Crippen LogP contribution in [-0.4, -0.2) is 30.2 Å². The van der Waals surface area contributed by atoms with Gasteiger partial charge in [-0.3, -0.25) is 10.1 Å². The normalized spacial score (nSPS) is 10.6. The summed E-state index contributed by atoms with van der Waals surface area (Å²) in [6, 6.07) is 8.96. The number of benzene rings is 1. The van der Waals surface area contributed by atoms with E-state index in [9.17, 15) is 14.4 Å². The SMILES string of the molecule is COC(=O)/C(=C/CC(=O)O)NC(=O)OCc1ccccc1. The minimum Gasteiger partial charge on any atom is -0.481 e. The van der Waals surface area contributed by atoms with Gasteiger partial charge in [0.05, 0.1) is 13.5 Å². The van der Waals surface area contributed by atoms with Crippen LogP contribution in [0.5, 0.6) is 0 Å². The topological polar surface area (TPSA) is 102 Å². The van der Waals surface area contributed by atoms with Crippen molar-refractivity contribution in [3.8, 4) is 0 Å². The number of carboxylic acid groups (broad SMARTS) is 1. The van der Waals surface area contributed by atoms with E-state index in [0.717, 1.165) is 18.7 Å². The van der Waals surface area contributed by atoms with Crippen LogP contribution in [0.2, 0.25) is 0 Å². The van der Waals surface area contributed by atoms with E-state index in [-0.39, 0.29) is 12.3 Å². The smallest absolute Gasteiger partial charge is 0.412 e. The molecule has 7 heteroatoms. The molecule has 7 nitrogen and oxygen atoms in total. The third-order valence-corrected chi connectivity index (χ3v) is 2.34. The Bertz CT molecular complexity index is 538. The number of methoxy groups -OCH3 is 1. The summed E-state index contributed by atoms with van der Waals surface area (Å²) >= 11 is 0. The third kappa shape index (κ3) is 6.24. The van der Waals surface area contributed by atoms with Gasteiger partial charge in [0, 0.05) is 0 Å². The van der Waals surface area contributed by atoms with Crippen LogP contribution in [-0.2, 0) is 25.7 Å². The van der Waals surface area contributed by atoms with Gasteiger partial charge in [-0.05, 0) is 11.6 Å². The molecule has 0 atom stereocenters. The highest BCUT2D eigenvalue weighted by Crippen LogP contribution is 2.02. The van der Waals surface area contributed by atoms with Gasteiger partial charge in [-0.1, -0.05) is 30.3 Å². The zero-order valence-corrected chi connectivity index (χ0v) is 11.4. The first-order valence-corrected chi connectivity index (χ1v) is 6.01. The van der Waals surface area contributed by atoms with E-state index >= 15 is 0 Å². The zero-order chi connectivity index (χ0) is 15.7. The molecule has 0 unspecified atom stereocenters. The first-order valence-electron chi connectivity index (χ1n) is 6.01. The number of aliphatic carboxylic acids is 1. The van der Waals surface area contributed by atoms with E-state index in [1.165, 1.54) is 0 Å². The molecule has 0 fully saturated rings. The van der Waals surface area contributed by atoms with Crippen LogP contribution < -0.4 is 5.32 Å². The molecule has 112 valence electrons. The van der Waals surface area contributed by atoms with Crippen molar-refractivity contribution in [2.24, 2.45) is 0 Å². The van der Waals surface area contributed by atoms with Crippen molar-refractivity contribution in [1.82, 2.24) is 5.32 Å². The standard InChI is InChI=1S/C14H15NO6/c1-20-13(18)11(7-8-12(16)17)15-14(19)21-9-10-5-3-2-4-6-10/h2-7H,8-9H2,1H3,(H,15,19)(H,16,17)/b11-7-. The molecule has 0 spiro atoms. The van der Waals surface area contributed by atoms with Gasteiger partial charge in [0.25, 0.3) is 0 Å². The van der Waals surface area contributed by atoms with Crippen molar-refractivity contribution < 1.29 is 29.0 Å². The number of carbonyl (C=O) groups is 3. The van der Waals surface area contributed by atoms with Gasteiger partial charge in [0.15, 0.2) is 0 Å². The predicted molar refractivity (Wildman–Crippen MR) is 72.1 cm³/mol. The van der Waals surface area contributed by atoms with Crippen LogP contribution in [0.15, 0.2) is 42.1 Å². The van der Waals surface area contributed by atoms with E-state index in [2.05, 4.69) is 10.1 Å². The molecule has 0 aliphatic carbocycles. The summed E-state index contributed by atoms with van der Waals surface area (Å²) in [6.45, 7) is 0.0278. The minimum atomic E-state index is -1.14. The molecule has 1 amide bonds. The Morgan fingerprint density at radius 1 is 1.24 bits per heavy atom. The molecule has 0 bridgehead atoms. The number of rotatable bonds is 6. The second-order valence-electron chi connectivity index (χ2n) is 3.89. The predicted octanol–water partition coefficient (Wildman–Crippen LogP) is 1.44. The van der Waals surface area contributed by atoms with Crippen molar-refractivity contribution in [2.75, 3.05) is 7.11 Å². The Kier molecular flexibility index (Phi) is 6.46. The Labute approximate surface area is 121 Å². The van der Waals surface area contributed by atoms with E-state index in [1.807, 2.05) is 6.07 Å². The van der Waals surface area contributed by atoms with Crippen molar-refractivity contribution in [2.45, 2.75) is 13.0 Å². The third-order valence-electron chi connectivity index (χ3n) is 2.34. The molecule has 1 aromatic carbocycles. The lowest BCUT2D eigenvalue weighted by Gasteiger charge is -2.09. The lowest BCUT2D eigenvalue weighted by atomic mass is 10.2. The van der Waals surface area contributed by atoms with Crippen LogP contribution in [0.3, 0.4) is 0 Å². The average molecular weight is 293 g/mol. The van der Waals surface area contributed by atoms with Gasteiger partial charge in [-0.15, -0.1) is 0 Å². The summed E-state index contributed by atoms with van der Waals surface area (Å²) in [4.78, 5) is 33.4. The Morgan fingerprint density at radius 2 is 1.90 bits per heavy atom. The molecule has 0 saturated carbocycles. The first kappa shape index (κ1) is 16.2. The molecule has 0 heterocycles. The van der Waals surface area contributed by atoms with Crippen molar-refractivity contribution in [3.63, 3.8) is 0 Å². The summed E-state index contributed by atoms with van der Waals surface area (Å²) in [5.41, 5.74) is 0.500. The number of carboxylic acids is 1. The summed E-state index contributed by atoms with van der Waals surface area (Å²) in [5.74, 6) is -2.00. The highest BCUT2D eigenvalue weighted by molar-refractivity contribution is 5.92. The molecule has 0 radical (unpaired) electrons. The van der Waals surface area contributed by atoms with Gasteiger partial charge in [0.1, 0.15) is 12.3 Å². The van der Waals surface area contributed by atoms with Crippen LogP contribution in [0.4, 0.5) is 4.79 Å². The number of hydrogen-bond acceptors (Lipinski definition) is 5. The molecular formula is C14H15NO6. The Morgan fingerprint density at radius 3 is 2.48 bits per heavy atom. The van der Waals surface area contributed by atoms with E-state index in [1.54, 1.807) is 24.3 Å². The molecule has 1 rings (SSSR count). The summed E-state index contributed by atoms with van der Waals surface area (Å²) < 4.78 is 9.35. The van der Waals surface area contributed by atoms with Crippen molar-refractivity contribution >= 4 is 18.0 Å². The average Bonchev–Trinajstić information content (AvgIpc) is 2.49. The second-order valence-corrected chi connectivity index (χ2v) is 3.89. The molecule has 0 aliphatic heterocycles. The lowest BCUT2D eigenvalue weighted by molar-refractivity contribution is -0.136. The molecule has 2 N–H and O–H groups in total. The maximum Gasteiger partial charge on any atom is 0.412 e. The van der Waals surface area contributed by atoms with Gasteiger partial charge < -0.3 is 14.6 Å². The molecule has 0 aromatic heterocycles. The first-order chi connectivity index (χ1) is 10.0. The van der Waals surface area contributed by atoms with Gasteiger partial charge in [-0.25, -0.2) is 9.59 Å². The minimum absolute atomic E-state index is 0.0278.